The van der Waals surface area contributed by atoms with Crippen molar-refractivity contribution in [3.63, 3.8) is 0 Å². The fourth-order valence-electron chi connectivity index (χ4n) is 3.56. The predicted molar refractivity (Wildman–Crippen MR) is 126 cm³/mol. The molecular formula is C27H23NO5. The number of nitrogens with one attached hydrogen (secondary N) is 1. The molecule has 0 aliphatic heterocycles. The number of aryl methyl sites for hydroxylation is 1. The van der Waals surface area contributed by atoms with Gasteiger partial charge in [0.05, 0.1) is 18.9 Å². The van der Waals surface area contributed by atoms with Crippen LogP contribution in [0, 0.1) is 6.92 Å². The van der Waals surface area contributed by atoms with E-state index in [0.29, 0.717) is 17.0 Å². The average molecular weight is 441 g/mol. The summed E-state index contributed by atoms with van der Waals surface area (Å²) >= 11 is 0. The Hall–Kier alpha value is -4.32. The van der Waals surface area contributed by atoms with Crippen molar-refractivity contribution in [2.75, 3.05) is 11.9 Å². The molecule has 4 aromatic rings. The zero-order valence-corrected chi connectivity index (χ0v) is 18.1. The monoisotopic (exact) mass is 441 g/mol. The molecule has 1 aromatic heterocycles. The maximum absolute atomic E-state index is 12.5. The molecule has 0 fully saturated rings. The second kappa shape index (κ2) is 9.87. The van der Waals surface area contributed by atoms with Crippen molar-refractivity contribution in [2.45, 2.75) is 13.3 Å². The SMILES string of the molecule is Cc1cccc(-c2ccc(NC(=O)COc3cccc(-c4ccoc4)c3)c(CC(=O)O)c2)c1. The highest BCUT2D eigenvalue weighted by Gasteiger charge is 2.13. The molecule has 0 saturated carbocycles. The number of rotatable bonds is 8. The third-order valence-electron chi connectivity index (χ3n) is 5.13. The van der Waals surface area contributed by atoms with Crippen LogP contribution >= 0.6 is 0 Å². The third kappa shape index (κ3) is 5.68. The van der Waals surface area contributed by atoms with Crippen LogP contribution in [0.1, 0.15) is 11.1 Å². The molecule has 0 atom stereocenters. The van der Waals surface area contributed by atoms with E-state index in [9.17, 15) is 14.7 Å². The van der Waals surface area contributed by atoms with E-state index in [1.54, 1.807) is 30.7 Å². The lowest BCUT2D eigenvalue weighted by Gasteiger charge is -2.13. The van der Waals surface area contributed by atoms with Crippen LogP contribution in [0.3, 0.4) is 0 Å². The van der Waals surface area contributed by atoms with Crippen molar-refractivity contribution in [1.29, 1.82) is 0 Å². The summed E-state index contributed by atoms with van der Waals surface area (Å²) in [5.41, 5.74) is 5.79. The molecule has 3 aromatic carbocycles. The molecule has 33 heavy (non-hydrogen) atoms. The molecule has 0 unspecified atom stereocenters. The molecule has 2 N–H and O–H groups in total. The second-order valence-electron chi connectivity index (χ2n) is 7.69. The van der Waals surface area contributed by atoms with Gasteiger partial charge >= 0.3 is 5.97 Å². The average Bonchev–Trinajstić information content (AvgIpc) is 3.34. The summed E-state index contributed by atoms with van der Waals surface area (Å²) in [6.07, 6.45) is 3.02. The van der Waals surface area contributed by atoms with Crippen LogP contribution in [0.2, 0.25) is 0 Å². The molecule has 6 nitrogen and oxygen atoms in total. The molecule has 1 amide bonds. The molecule has 0 radical (unpaired) electrons. The van der Waals surface area contributed by atoms with Gasteiger partial charge in [-0.25, -0.2) is 0 Å². The van der Waals surface area contributed by atoms with Crippen molar-refractivity contribution >= 4 is 17.6 Å². The number of benzene rings is 3. The zero-order valence-electron chi connectivity index (χ0n) is 18.1. The van der Waals surface area contributed by atoms with Crippen LogP contribution < -0.4 is 10.1 Å². The predicted octanol–water partition coefficient (Wildman–Crippen LogP) is 5.57. The standard InChI is InChI=1S/C27H23NO5/c1-18-4-2-5-19(12-18)21-8-9-25(23(13-21)15-27(30)31)28-26(29)17-33-24-7-3-6-20(14-24)22-10-11-32-16-22/h2-14,16H,15,17H2,1H3,(H,28,29)(H,30,31). The number of carbonyl (C=O) groups is 2. The Bertz CT molecular complexity index is 1280. The first-order chi connectivity index (χ1) is 16.0. The Labute approximate surface area is 191 Å². The summed E-state index contributed by atoms with van der Waals surface area (Å²) in [6.45, 7) is 1.79. The highest BCUT2D eigenvalue weighted by Crippen LogP contribution is 2.27. The van der Waals surface area contributed by atoms with Gasteiger partial charge in [0, 0.05) is 11.3 Å². The Kier molecular flexibility index (Phi) is 6.55. The molecule has 0 saturated heterocycles. The summed E-state index contributed by atoms with van der Waals surface area (Å²) in [4.78, 5) is 23.9. The van der Waals surface area contributed by atoms with Gasteiger partial charge in [0.25, 0.3) is 5.91 Å². The molecule has 0 bridgehead atoms. The van der Waals surface area contributed by atoms with Crippen LogP contribution in [0.4, 0.5) is 5.69 Å². The van der Waals surface area contributed by atoms with E-state index in [1.807, 2.05) is 61.5 Å². The molecule has 6 heteroatoms. The number of aliphatic carboxylic acids is 1. The number of amides is 1. The van der Waals surface area contributed by atoms with E-state index in [2.05, 4.69) is 5.32 Å². The van der Waals surface area contributed by atoms with Crippen molar-refractivity contribution in [1.82, 2.24) is 0 Å². The first-order valence-corrected chi connectivity index (χ1v) is 10.4. The first-order valence-electron chi connectivity index (χ1n) is 10.4. The number of hydrogen-bond donors (Lipinski definition) is 2. The molecule has 0 aliphatic rings. The minimum Gasteiger partial charge on any atom is -0.484 e. The fraction of sp³-hybridized carbons (Fsp3) is 0.111. The lowest BCUT2D eigenvalue weighted by atomic mass is 9.99. The summed E-state index contributed by atoms with van der Waals surface area (Å²) in [7, 11) is 0. The van der Waals surface area contributed by atoms with Gasteiger partial charge in [-0.15, -0.1) is 0 Å². The Morgan fingerprint density at radius 1 is 0.909 bits per heavy atom. The van der Waals surface area contributed by atoms with Crippen molar-refractivity contribution in [3.05, 3.63) is 96.4 Å². The molecule has 0 spiro atoms. The van der Waals surface area contributed by atoms with Gasteiger partial charge in [0.1, 0.15) is 5.75 Å². The minimum absolute atomic E-state index is 0.205. The van der Waals surface area contributed by atoms with Crippen LogP contribution in [-0.2, 0) is 16.0 Å². The highest BCUT2D eigenvalue weighted by atomic mass is 16.5. The van der Waals surface area contributed by atoms with Gasteiger partial charge in [-0.05, 0) is 59.5 Å². The van der Waals surface area contributed by atoms with Crippen molar-refractivity contribution in [2.24, 2.45) is 0 Å². The van der Waals surface area contributed by atoms with Gasteiger partial charge in [-0.2, -0.15) is 0 Å². The van der Waals surface area contributed by atoms with E-state index in [-0.39, 0.29) is 18.9 Å². The summed E-state index contributed by atoms with van der Waals surface area (Å²) in [6, 6.07) is 22.5. The molecule has 4 rings (SSSR count). The number of furan rings is 1. The fourth-order valence-corrected chi connectivity index (χ4v) is 3.56. The summed E-state index contributed by atoms with van der Waals surface area (Å²) < 4.78 is 10.8. The summed E-state index contributed by atoms with van der Waals surface area (Å²) in [5, 5.41) is 12.1. The number of carboxylic acids is 1. The number of anilines is 1. The number of carbonyl (C=O) groups excluding carboxylic acids is 1. The maximum atomic E-state index is 12.5. The van der Waals surface area contributed by atoms with Crippen molar-refractivity contribution < 1.29 is 23.8 Å². The van der Waals surface area contributed by atoms with Crippen molar-refractivity contribution in [3.8, 4) is 28.0 Å². The van der Waals surface area contributed by atoms with Crippen LogP contribution in [0.15, 0.2) is 89.7 Å². The molecule has 1 heterocycles. The molecular weight excluding hydrogens is 418 g/mol. The Morgan fingerprint density at radius 2 is 1.67 bits per heavy atom. The summed E-state index contributed by atoms with van der Waals surface area (Å²) in [5.74, 6) is -0.803. The van der Waals surface area contributed by atoms with E-state index >= 15 is 0 Å². The first kappa shape index (κ1) is 21.9. The van der Waals surface area contributed by atoms with E-state index in [1.165, 1.54) is 0 Å². The lowest BCUT2D eigenvalue weighted by molar-refractivity contribution is -0.136. The second-order valence-corrected chi connectivity index (χ2v) is 7.69. The quantitative estimate of drug-likeness (QED) is 0.373. The number of carboxylic acid groups (broad SMARTS) is 1. The van der Waals surface area contributed by atoms with Crippen LogP contribution in [-0.4, -0.2) is 23.6 Å². The van der Waals surface area contributed by atoms with Gasteiger partial charge in [0.2, 0.25) is 0 Å². The van der Waals surface area contributed by atoms with Gasteiger partial charge in [0.15, 0.2) is 6.61 Å². The van der Waals surface area contributed by atoms with Gasteiger partial charge in [-0.1, -0.05) is 48.0 Å². The Balaban J connectivity index is 1.47. The highest BCUT2D eigenvalue weighted by molar-refractivity contribution is 5.94. The Morgan fingerprint density at radius 3 is 2.39 bits per heavy atom. The largest absolute Gasteiger partial charge is 0.484 e. The normalized spacial score (nSPS) is 10.6. The van der Waals surface area contributed by atoms with E-state index in [4.69, 9.17) is 9.15 Å². The topological polar surface area (TPSA) is 88.8 Å². The minimum atomic E-state index is -0.973. The lowest BCUT2D eigenvalue weighted by Crippen LogP contribution is -2.21. The van der Waals surface area contributed by atoms with E-state index in [0.717, 1.165) is 27.8 Å². The number of ether oxygens (including phenoxy) is 1. The molecule has 0 aliphatic carbocycles. The molecule has 166 valence electrons. The maximum Gasteiger partial charge on any atom is 0.307 e. The zero-order chi connectivity index (χ0) is 23.2. The smallest absolute Gasteiger partial charge is 0.307 e. The van der Waals surface area contributed by atoms with E-state index < -0.39 is 5.97 Å². The van der Waals surface area contributed by atoms with Crippen LogP contribution in [0.5, 0.6) is 5.75 Å². The van der Waals surface area contributed by atoms with Gasteiger partial charge < -0.3 is 19.6 Å². The van der Waals surface area contributed by atoms with Gasteiger partial charge in [-0.3, -0.25) is 9.59 Å². The van der Waals surface area contributed by atoms with Crippen LogP contribution in [0.25, 0.3) is 22.3 Å². The number of hydrogen-bond acceptors (Lipinski definition) is 4. The third-order valence-corrected chi connectivity index (χ3v) is 5.13.